The lowest BCUT2D eigenvalue weighted by Gasteiger charge is -2.29. The van der Waals surface area contributed by atoms with Crippen molar-refractivity contribution in [2.45, 2.75) is 59.6 Å². The second-order valence-corrected chi connectivity index (χ2v) is 3.56. The van der Waals surface area contributed by atoms with Crippen LogP contribution in [0.1, 0.15) is 53.4 Å². The number of ether oxygens (including phenoxy) is 1. The minimum absolute atomic E-state index is 0.293. The highest BCUT2D eigenvalue weighted by atomic mass is 16.5. The molecule has 0 amide bonds. The van der Waals surface area contributed by atoms with E-state index in [-0.39, 0.29) is 0 Å². The van der Waals surface area contributed by atoms with Crippen molar-refractivity contribution in [1.29, 1.82) is 0 Å². The zero-order chi connectivity index (χ0) is 10.8. The van der Waals surface area contributed by atoms with E-state index in [1.165, 1.54) is 6.42 Å². The fourth-order valence-electron chi connectivity index (χ4n) is 1.51. The highest BCUT2D eigenvalue weighted by molar-refractivity contribution is 4.62. The molecule has 14 heavy (non-hydrogen) atoms. The van der Waals surface area contributed by atoms with E-state index in [9.17, 15) is 0 Å². The maximum absolute atomic E-state index is 5.77. The Balaban J connectivity index is 3.85. The third-order valence-corrected chi connectivity index (χ3v) is 2.42. The summed E-state index contributed by atoms with van der Waals surface area (Å²) < 4.78 is 5.77. The SMILES string of the molecule is CCC[CH]OC(CCC)N(CC)CC. The van der Waals surface area contributed by atoms with E-state index >= 15 is 0 Å². The summed E-state index contributed by atoms with van der Waals surface area (Å²) in [7, 11) is 0. The lowest BCUT2D eigenvalue weighted by atomic mass is 10.2. The quantitative estimate of drug-likeness (QED) is 0.417. The Morgan fingerprint density at radius 3 is 2.14 bits per heavy atom. The van der Waals surface area contributed by atoms with Crippen molar-refractivity contribution in [3.8, 4) is 0 Å². The van der Waals surface area contributed by atoms with Gasteiger partial charge in [0.05, 0.1) is 6.61 Å². The van der Waals surface area contributed by atoms with Crippen molar-refractivity contribution in [1.82, 2.24) is 4.90 Å². The molecule has 1 unspecified atom stereocenters. The van der Waals surface area contributed by atoms with E-state index < -0.39 is 0 Å². The van der Waals surface area contributed by atoms with Gasteiger partial charge in [0.15, 0.2) is 0 Å². The standard InChI is InChI=1S/C12H26NO/c1-5-9-11-14-12(10-6-2)13(7-3)8-4/h11-12H,5-10H2,1-4H3. The summed E-state index contributed by atoms with van der Waals surface area (Å²) in [4.78, 5) is 2.37. The molecule has 0 heterocycles. The molecule has 0 saturated heterocycles. The Kier molecular flexibility index (Phi) is 9.42. The van der Waals surface area contributed by atoms with Crippen LogP contribution in [0.3, 0.4) is 0 Å². The first-order valence-electron chi connectivity index (χ1n) is 6.01. The first-order chi connectivity index (χ1) is 6.79. The number of unbranched alkanes of at least 4 members (excludes halogenated alkanes) is 1. The van der Waals surface area contributed by atoms with Gasteiger partial charge in [-0.05, 0) is 25.9 Å². The van der Waals surface area contributed by atoms with Crippen LogP contribution in [-0.2, 0) is 4.74 Å². The van der Waals surface area contributed by atoms with Crippen LogP contribution in [0.15, 0.2) is 0 Å². The molecular weight excluding hydrogens is 174 g/mol. The van der Waals surface area contributed by atoms with Crippen LogP contribution in [0.5, 0.6) is 0 Å². The van der Waals surface area contributed by atoms with Crippen LogP contribution in [-0.4, -0.2) is 24.2 Å². The molecule has 0 bridgehead atoms. The lowest BCUT2D eigenvalue weighted by molar-refractivity contribution is -0.0320. The molecule has 1 atom stereocenters. The van der Waals surface area contributed by atoms with Gasteiger partial charge in [0.25, 0.3) is 0 Å². The predicted molar refractivity (Wildman–Crippen MR) is 61.9 cm³/mol. The molecule has 0 rings (SSSR count). The smallest absolute Gasteiger partial charge is 0.111 e. The highest BCUT2D eigenvalue weighted by Crippen LogP contribution is 2.11. The van der Waals surface area contributed by atoms with Crippen molar-refractivity contribution < 1.29 is 4.74 Å². The largest absolute Gasteiger partial charge is 0.357 e. The number of hydrogen-bond donors (Lipinski definition) is 0. The predicted octanol–water partition coefficient (Wildman–Crippen LogP) is 3.43. The lowest BCUT2D eigenvalue weighted by Crippen LogP contribution is -2.36. The van der Waals surface area contributed by atoms with Crippen molar-refractivity contribution in [3.63, 3.8) is 0 Å². The minimum Gasteiger partial charge on any atom is -0.357 e. The van der Waals surface area contributed by atoms with E-state index in [4.69, 9.17) is 4.74 Å². The third-order valence-electron chi connectivity index (χ3n) is 2.42. The summed E-state index contributed by atoms with van der Waals surface area (Å²) in [5.74, 6) is 0. The molecule has 0 fully saturated rings. The summed E-state index contributed by atoms with van der Waals surface area (Å²) in [6.07, 6.45) is 4.82. The topological polar surface area (TPSA) is 12.5 Å². The van der Waals surface area contributed by atoms with Gasteiger partial charge in [-0.1, -0.05) is 40.5 Å². The fraction of sp³-hybridized carbons (Fsp3) is 0.917. The van der Waals surface area contributed by atoms with Crippen LogP contribution in [0.2, 0.25) is 0 Å². The zero-order valence-electron chi connectivity index (χ0n) is 10.3. The van der Waals surface area contributed by atoms with Crippen LogP contribution >= 0.6 is 0 Å². The van der Waals surface area contributed by atoms with Crippen LogP contribution in [0.25, 0.3) is 0 Å². The van der Waals surface area contributed by atoms with Crippen molar-refractivity contribution in [2.24, 2.45) is 0 Å². The minimum atomic E-state index is 0.293. The summed E-state index contributed by atoms with van der Waals surface area (Å²) in [5.41, 5.74) is 0. The second kappa shape index (κ2) is 9.47. The van der Waals surface area contributed by atoms with Gasteiger partial charge in [0.2, 0.25) is 0 Å². The van der Waals surface area contributed by atoms with Gasteiger partial charge in [-0.3, -0.25) is 4.90 Å². The van der Waals surface area contributed by atoms with Gasteiger partial charge >= 0.3 is 0 Å². The van der Waals surface area contributed by atoms with Gasteiger partial charge in [-0.2, -0.15) is 0 Å². The van der Waals surface area contributed by atoms with E-state index in [1.807, 2.05) is 6.61 Å². The monoisotopic (exact) mass is 200 g/mol. The molecule has 0 aromatic heterocycles. The molecule has 85 valence electrons. The van der Waals surface area contributed by atoms with Crippen LogP contribution in [0, 0.1) is 6.61 Å². The number of rotatable bonds is 9. The third kappa shape index (κ3) is 5.61. The maximum Gasteiger partial charge on any atom is 0.111 e. The molecule has 0 aliphatic rings. The van der Waals surface area contributed by atoms with Crippen molar-refractivity contribution >= 4 is 0 Å². The average Bonchev–Trinajstić information content (AvgIpc) is 2.20. The fourth-order valence-corrected chi connectivity index (χ4v) is 1.51. The molecular formula is C12H26NO. The zero-order valence-corrected chi connectivity index (χ0v) is 10.3. The van der Waals surface area contributed by atoms with Crippen LogP contribution in [0.4, 0.5) is 0 Å². The van der Waals surface area contributed by atoms with Crippen molar-refractivity contribution in [3.05, 3.63) is 6.61 Å². The summed E-state index contributed by atoms with van der Waals surface area (Å²) >= 11 is 0. The van der Waals surface area contributed by atoms with Gasteiger partial charge < -0.3 is 4.74 Å². The van der Waals surface area contributed by atoms with E-state index in [0.29, 0.717) is 6.23 Å². The van der Waals surface area contributed by atoms with E-state index in [1.54, 1.807) is 0 Å². The molecule has 0 aromatic rings. The van der Waals surface area contributed by atoms with Gasteiger partial charge in [0.1, 0.15) is 6.23 Å². The molecule has 0 aliphatic heterocycles. The Bertz CT molecular complexity index is 113. The molecule has 1 radical (unpaired) electrons. The molecule has 2 nitrogen and oxygen atoms in total. The van der Waals surface area contributed by atoms with Gasteiger partial charge in [-0.25, -0.2) is 0 Å². The molecule has 0 aliphatic carbocycles. The first kappa shape index (κ1) is 13.9. The Morgan fingerprint density at radius 2 is 1.71 bits per heavy atom. The van der Waals surface area contributed by atoms with E-state index in [0.717, 1.165) is 32.4 Å². The van der Waals surface area contributed by atoms with Crippen LogP contribution < -0.4 is 0 Å². The summed E-state index contributed by atoms with van der Waals surface area (Å²) in [6, 6.07) is 0. The molecule has 0 aromatic carbocycles. The average molecular weight is 200 g/mol. The first-order valence-corrected chi connectivity index (χ1v) is 6.01. The maximum atomic E-state index is 5.77. The summed E-state index contributed by atoms with van der Waals surface area (Å²) in [5, 5.41) is 0. The van der Waals surface area contributed by atoms with E-state index in [2.05, 4.69) is 32.6 Å². The Hall–Kier alpha value is -0.0800. The van der Waals surface area contributed by atoms with Crippen molar-refractivity contribution in [2.75, 3.05) is 13.1 Å². The molecule has 2 heteroatoms. The molecule has 0 spiro atoms. The summed E-state index contributed by atoms with van der Waals surface area (Å²) in [6.45, 7) is 12.9. The Labute approximate surface area is 89.6 Å². The molecule has 0 N–H and O–H groups in total. The highest BCUT2D eigenvalue weighted by Gasteiger charge is 2.14. The van der Waals surface area contributed by atoms with Gasteiger partial charge in [-0.15, -0.1) is 0 Å². The van der Waals surface area contributed by atoms with Gasteiger partial charge in [0, 0.05) is 0 Å². The second-order valence-electron chi connectivity index (χ2n) is 3.56. The number of hydrogen-bond acceptors (Lipinski definition) is 2. The Morgan fingerprint density at radius 1 is 1.07 bits per heavy atom. The molecule has 0 saturated carbocycles. The number of nitrogens with zero attached hydrogens (tertiary/aromatic N) is 1. The normalized spacial score (nSPS) is 13.5.